The van der Waals surface area contributed by atoms with E-state index < -0.39 is 0 Å². The van der Waals surface area contributed by atoms with Crippen molar-refractivity contribution in [2.24, 2.45) is 0 Å². The molecule has 1 heterocycles. The molecular weight excluding hydrogens is 232 g/mol. The fourth-order valence-corrected chi connectivity index (χ4v) is 1.85. The van der Waals surface area contributed by atoms with Gasteiger partial charge in [0.1, 0.15) is 0 Å². The summed E-state index contributed by atoms with van der Waals surface area (Å²) in [5.41, 5.74) is 1.17. The van der Waals surface area contributed by atoms with Gasteiger partial charge in [-0.3, -0.25) is 19.3 Å². The summed E-state index contributed by atoms with van der Waals surface area (Å²) < 4.78 is 0. The summed E-state index contributed by atoms with van der Waals surface area (Å²) in [5.74, 6) is -0.981. The van der Waals surface area contributed by atoms with Crippen LogP contribution in [0.4, 0.5) is 5.69 Å². The molecule has 92 valence electrons. The highest BCUT2D eigenvalue weighted by Gasteiger charge is 2.34. The van der Waals surface area contributed by atoms with Crippen molar-refractivity contribution in [2.75, 3.05) is 11.9 Å². The molecule has 5 heteroatoms. The Morgan fingerprint density at radius 2 is 2.00 bits per heavy atom. The number of hydrogen-bond acceptors (Lipinski definition) is 3. The fraction of sp³-hybridized carbons (Fsp3) is 0.154. The second-order valence-corrected chi connectivity index (χ2v) is 3.81. The summed E-state index contributed by atoms with van der Waals surface area (Å²) in [4.78, 5) is 36.1. The number of fused-ring (bicyclic) bond motifs is 1. The number of hydrogen-bond donors (Lipinski definition) is 1. The van der Waals surface area contributed by atoms with E-state index >= 15 is 0 Å². The quantitative estimate of drug-likeness (QED) is 0.646. The second-order valence-electron chi connectivity index (χ2n) is 3.81. The van der Waals surface area contributed by atoms with Gasteiger partial charge in [-0.25, -0.2) is 0 Å². The third-order valence-corrected chi connectivity index (χ3v) is 2.74. The van der Waals surface area contributed by atoms with Crippen LogP contribution in [0.1, 0.15) is 27.6 Å². The Morgan fingerprint density at radius 3 is 2.61 bits per heavy atom. The number of nitrogens with one attached hydrogen (secondary N) is 1. The topological polar surface area (TPSA) is 66.5 Å². The first kappa shape index (κ1) is 12.0. The van der Waals surface area contributed by atoms with Crippen molar-refractivity contribution in [3.63, 3.8) is 0 Å². The predicted molar refractivity (Wildman–Crippen MR) is 66.3 cm³/mol. The van der Waals surface area contributed by atoms with E-state index in [2.05, 4.69) is 11.9 Å². The third-order valence-electron chi connectivity index (χ3n) is 2.74. The minimum absolute atomic E-state index is 0.293. The number of benzene rings is 1. The third kappa shape index (κ3) is 1.79. The second kappa shape index (κ2) is 4.44. The van der Waals surface area contributed by atoms with E-state index in [1.54, 1.807) is 19.1 Å². The zero-order chi connectivity index (χ0) is 13.3. The van der Waals surface area contributed by atoms with E-state index in [0.717, 1.165) is 6.08 Å². The number of carbonyl (C=O) groups is 3. The average molecular weight is 244 g/mol. The first-order chi connectivity index (χ1) is 8.58. The van der Waals surface area contributed by atoms with Gasteiger partial charge in [0.25, 0.3) is 11.8 Å². The van der Waals surface area contributed by atoms with Crippen LogP contribution in [0.2, 0.25) is 0 Å². The summed E-state index contributed by atoms with van der Waals surface area (Å²) >= 11 is 0. The molecule has 5 nitrogen and oxygen atoms in total. The Morgan fingerprint density at radius 1 is 1.33 bits per heavy atom. The molecule has 1 aliphatic heterocycles. The lowest BCUT2D eigenvalue weighted by atomic mass is 10.1. The molecule has 0 unspecified atom stereocenters. The van der Waals surface area contributed by atoms with Crippen molar-refractivity contribution < 1.29 is 14.4 Å². The molecule has 0 atom stereocenters. The number of carbonyl (C=O) groups excluding carboxylic acids is 3. The van der Waals surface area contributed by atoms with Crippen molar-refractivity contribution in [3.8, 4) is 0 Å². The molecule has 0 aliphatic carbocycles. The maximum atomic E-state index is 11.9. The number of amides is 3. The molecule has 1 aliphatic rings. The van der Waals surface area contributed by atoms with E-state index in [0.29, 0.717) is 23.4 Å². The van der Waals surface area contributed by atoms with Crippen LogP contribution in [-0.2, 0) is 4.79 Å². The smallest absolute Gasteiger partial charge is 0.261 e. The zero-order valence-electron chi connectivity index (χ0n) is 9.90. The Balaban J connectivity index is 2.38. The summed E-state index contributed by atoms with van der Waals surface area (Å²) in [5, 5.41) is 2.55. The van der Waals surface area contributed by atoms with Gasteiger partial charge in [0.2, 0.25) is 5.91 Å². The van der Waals surface area contributed by atoms with Crippen LogP contribution in [0, 0.1) is 0 Å². The minimum atomic E-state index is -0.362. The van der Waals surface area contributed by atoms with Crippen molar-refractivity contribution in [3.05, 3.63) is 42.0 Å². The number of nitrogens with zero attached hydrogens (tertiary/aromatic N) is 1. The Hall–Kier alpha value is -2.43. The number of rotatable bonds is 3. The molecule has 0 aromatic heterocycles. The molecule has 1 aromatic rings. The van der Waals surface area contributed by atoms with Gasteiger partial charge in [0, 0.05) is 12.2 Å². The minimum Gasteiger partial charge on any atom is -0.323 e. The zero-order valence-corrected chi connectivity index (χ0v) is 9.90. The standard InChI is InChI=1S/C13H12N2O3/c1-3-11(16)14-8-5-6-9-10(7-8)13(18)15(4-2)12(9)17/h3,5-7H,1,4H2,2H3,(H,14,16). The molecular formula is C13H12N2O3. The first-order valence-corrected chi connectivity index (χ1v) is 5.52. The monoisotopic (exact) mass is 244 g/mol. The molecule has 0 radical (unpaired) electrons. The SMILES string of the molecule is C=CC(=O)Nc1ccc2c(c1)C(=O)N(CC)C2=O. The molecule has 1 N–H and O–H groups in total. The fourth-order valence-electron chi connectivity index (χ4n) is 1.85. The van der Waals surface area contributed by atoms with Gasteiger partial charge >= 0.3 is 0 Å². The summed E-state index contributed by atoms with van der Waals surface area (Å²) in [6.07, 6.45) is 1.14. The van der Waals surface area contributed by atoms with Crippen LogP contribution in [0.3, 0.4) is 0 Å². The van der Waals surface area contributed by atoms with Gasteiger partial charge in [-0.15, -0.1) is 0 Å². The first-order valence-electron chi connectivity index (χ1n) is 5.52. The molecule has 2 rings (SSSR count). The molecule has 0 saturated heterocycles. The Bertz CT molecular complexity index is 563. The van der Waals surface area contributed by atoms with Gasteiger partial charge in [0.15, 0.2) is 0 Å². The number of anilines is 1. The molecule has 0 fully saturated rings. The predicted octanol–water partition coefficient (Wildman–Crippen LogP) is 1.43. The molecule has 18 heavy (non-hydrogen) atoms. The maximum absolute atomic E-state index is 11.9. The Kier molecular flexibility index (Phi) is 2.97. The normalized spacial score (nSPS) is 13.5. The van der Waals surface area contributed by atoms with Gasteiger partial charge in [-0.05, 0) is 31.2 Å². The highest BCUT2D eigenvalue weighted by Crippen LogP contribution is 2.25. The van der Waals surface area contributed by atoms with E-state index in [1.165, 1.54) is 11.0 Å². The van der Waals surface area contributed by atoms with Gasteiger partial charge in [0.05, 0.1) is 11.1 Å². The highest BCUT2D eigenvalue weighted by atomic mass is 16.2. The van der Waals surface area contributed by atoms with E-state index in [9.17, 15) is 14.4 Å². The van der Waals surface area contributed by atoms with Crippen LogP contribution in [0.25, 0.3) is 0 Å². The molecule has 0 spiro atoms. The van der Waals surface area contributed by atoms with Crippen molar-refractivity contribution in [1.82, 2.24) is 4.90 Å². The summed E-state index contributed by atoms with van der Waals surface area (Å²) in [6.45, 7) is 5.41. The van der Waals surface area contributed by atoms with Crippen LogP contribution in [0.15, 0.2) is 30.9 Å². The van der Waals surface area contributed by atoms with Gasteiger partial charge < -0.3 is 5.32 Å². The van der Waals surface area contributed by atoms with Crippen molar-refractivity contribution in [1.29, 1.82) is 0 Å². The number of imide groups is 1. The Labute approximate surface area is 104 Å². The lowest BCUT2D eigenvalue weighted by Crippen LogP contribution is -2.29. The van der Waals surface area contributed by atoms with E-state index in [-0.39, 0.29) is 17.7 Å². The van der Waals surface area contributed by atoms with E-state index in [4.69, 9.17) is 0 Å². The van der Waals surface area contributed by atoms with E-state index in [1.807, 2.05) is 0 Å². The van der Waals surface area contributed by atoms with Gasteiger partial charge in [-0.2, -0.15) is 0 Å². The average Bonchev–Trinajstić information content (AvgIpc) is 2.61. The molecule has 3 amide bonds. The lowest BCUT2D eigenvalue weighted by molar-refractivity contribution is -0.111. The van der Waals surface area contributed by atoms with Crippen molar-refractivity contribution >= 4 is 23.4 Å². The van der Waals surface area contributed by atoms with Crippen LogP contribution < -0.4 is 5.32 Å². The summed E-state index contributed by atoms with van der Waals surface area (Å²) in [7, 11) is 0. The van der Waals surface area contributed by atoms with Gasteiger partial charge in [-0.1, -0.05) is 6.58 Å². The lowest BCUT2D eigenvalue weighted by Gasteiger charge is -2.08. The molecule has 0 bridgehead atoms. The maximum Gasteiger partial charge on any atom is 0.261 e. The van der Waals surface area contributed by atoms with Crippen LogP contribution >= 0.6 is 0 Å². The molecule has 1 aromatic carbocycles. The highest BCUT2D eigenvalue weighted by molar-refractivity contribution is 6.21. The summed E-state index contributed by atoms with van der Waals surface area (Å²) in [6, 6.07) is 4.64. The largest absolute Gasteiger partial charge is 0.323 e. The van der Waals surface area contributed by atoms with Crippen molar-refractivity contribution in [2.45, 2.75) is 6.92 Å². The van der Waals surface area contributed by atoms with Crippen LogP contribution in [0.5, 0.6) is 0 Å². The van der Waals surface area contributed by atoms with Crippen LogP contribution in [-0.4, -0.2) is 29.2 Å². The molecule has 0 saturated carbocycles.